The van der Waals surface area contributed by atoms with E-state index < -0.39 is 16.2 Å². The molecule has 0 unspecified atom stereocenters. The molecule has 14 heavy (non-hydrogen) atoms. The maximum atomic E-state index is 10.9. The van der Waals surface area contributed by atoms with Crippen LogP contribution in [0.5, 0.6) is 0 Å². The number of carbonyl (C=O) groups excluding carboxylic acids is 1. The fourth-order valence-electron chi connectivity index (χ4n) is 0.764. The van der Waals surface area contributed by atoms with Gasteiger partial charge in [0.2, 0.25) is 0 Å². The zero-order valence-corrected chi connectivity index (χ0v) is 7.86. The lowest BCUT2D eigenvalue weighted by Gasteiger charge is -2.01. The van der Waals surface area contributed by atoms with Crippen LogP contribution in [0.2, 0.25) is 0 Å². The maximum absolute atomic E-state index is 10.9. The van der Waals surface area contributed by atoms with Gasteiger partial charge in [-0.3, -0.25) is 0 Å². The van der Waals surface area contributed by atoms with Gasteiger partial charge >= 0.3 is 6.03 Å². The number of nitrogens with one attached hydrogen (secondary N) is 1. The van der Waals surface area contributed by atoms with Gasteiger partial charge in [0.25, 0.3) is 10.2 Å². The van der Waals surface area contributed by atoms with Crippen LogP contribution in [0.25, 0.3) is 0 Å². The van der Waals surface area contributed by atoms with Gasteiger partial charge < -0.3 is 0 Å². The van der Waals surface area contributed by atoms with Crippen LogP contribution in [-0.2, 0) is 10.2 Å². The molecular weight excluding hydrogens is 206 g/mol. The van der Waals surface area contributed by atoms with E-state index in [1.165, 1.54) is 4.72 Å². The molecule has 6 nitrogen and oxygen atoms in total. The van der Waals surface area contributed by atoms with Crippen molar-refractivity contribution in [2.75, 3.05) is 0 Å². The second-order valence-corrected chi connectivity index (χ2v) is 3.69. The summed E-state index contributed by atoms with van der Waals surface area (Å²) < 4.78 is 22.3. The van der Waals surface area contributed by atoms with Crippen LogP contribution >= 0.6 is 0 Å². The molecule has 1 aromatic rings. The van der Waals surface area contributed by atoms with Crippen LogP contribution in [-0.4, -0.2) is 14.4 Å². The zero-order valence-electron chi connectivity index (χ0n) is 7.04. The van der Waals surface area contributed by atoms with Crippen molar-refractivity contribution in [3.05, 3.63) is 30.3 Å². The molecule has 0 saturated carbocycles. The molecule has 1 radical (unpaired) electrons. The number of nitrogens with zero attached hydrogens (tertiary/aromatic N) is 1. The Bertz CT molecular complexity index is 415. The molecule has 3 N–H and O–H groups in total. The second-order valence-electron chi connectivity index (χ2n) is 2.40. The van der Waals surface area contributed by atoms with E-state index in [0.717, 1.165) is 0 Å². The van der Waals surface area contributed by atoms with Gasteiger partial charge in [-0.1, -0.05) is 18.2 Å². The summed E-state index contributed by atoms with van der Waals surface area (Å²) in [5.74, 6) is 0. The van der Waals surface area contributed by atoms with E-state index >= 15 is 0 Å². The minimum atomic E-state index is -4.04. The lowest BCUT2D eigenvalue weighted by Crippen LogP contribution is -2.38. The molecule has 0 saturated heterocycles. The largest absolute Gasteiger partial charge is 0.356 e. The first kappa shape index (κ1) is 10.5. The van der Waals surface area contributed by atoms with Crippen molar-refractivity contribution >= 4 is 21.9 Å². The topological polar surface area (TPSA) is 103 Å². The van der Waals surface area contributed by atoms with Crippen LogP contribution in [0.1, 0.15) is 0 Å². The average Bonchev–Trinajstić information content (AvgIpc) is 2.02. The van der Waals surface area contributed by atoms with Crippen LogP contribution in [0.4, 0.5) is 10.5 Å². The van der Waals surface area contributed by atoms with Crippen molar-refractivity contribution in [1.82, 2.24) is 10.0 Å². The van der Waals surface area contributed by atoms with Crippen LogP contribution in [0.3, 0.4) is 0 Å². The summed E-state index contributed by atoms with van der Waals surface area (Å²) in [6.45, 7) is 0. The molecule has 0 aliphatic rings. The summed E-state index contributed by atoms with van der Waals surface area (Å²) in [5.41, 5.74) is 0.355. The van der Waals surface area contributed by atoms with E-state index in [1.807, 2.05) is 0 Å². The Morgan fingerprint density at radius 1 is 1.29 bits per heavy atom. The first-order chi connectivity index (χ1) is 6.47. The third-order valence-corrected chi connectivity index (χ3v) is 1.68. The molecule has 0 spiro atoms. The number of nitrogens with two attached hydrogens (primary N) is 1. The van der Waals surface area contributed by atoms with Gasteiger partial charge in [0.1, 0.15) is 0 Å². The van der Waals surface area contributed by atoms with Gasteiger partial charge in [-0.25, -0.2) is 14.7 Å². The number of amides is 2. The van der Waals surface area contributed by atoms with E-state index in [-0.39, 0.29) is 0 Å². The molecule has 7 heteroatoms. The number of rotatable bonds is 2. The lowest BCUT2D eigenvalue weighted by molar-refractivity contribution is 0.249. The normalized spacial score (nSPS) is 10.6. The van der Waals surface area contributed by atoms with Gasteiger partial charge in [-0.05, 0) is 12.1 Å². The molecule has 1 aromatic carbocycles. The van der Waals surface area contributed by atoms with E-state index in [9.17, 15) is 13.2 Å². The molecule has 0 atom stereocenters. The fourth-order valence-corrected chi connectivity index (χ4v) is 1.05. The van der Waals surface area contributed by atoms with Gasteiger partial charge in [0.05, 0.1) is 5.69 Å². The Kier molecular flexibility index (Phi) is 3.05. The summed E-state index contributed by atoms with van der Waals surface area (Å²) in [7, 11) is -4.04. The maximum Gasteiger partial charge on any atom is 0.356 e. The highest BCUT2D eigenvalue weighted by Gasteiger charge is 2.09. The minimum Gasteiger partial charge on any atom is -0.245 e. The molecule has 75 valence electrons. The van der Waals surface area contributed by atoms with Crippen molar-refractivity contribution in [2.24, 2.45) is 5.14 Å². The number of hydrogen-bond acceptors (Lipinski definition) is 3. The quantitative estimate of drug-likeness (QED) is 0.714. The standard InChI is InChI=1S/C7H8N3O3S/c8-14(12,13)10-7(11)9-6-4-2-1-3-5-6/h1-5H,(H,10,11)(H2,8,12,13). The first-order valence-electron chi connectivity index (χ1n) is 3.59. The van der Waals surface area contributed by atoms with E-state index in [1.54, 1.807) is 30.3 Å². The van der Waals surface area contributed by atoms with Crippen LogP contribution in [0.15, 0.2) is 30.3 Å². The Morgan fingerprint density at radius 2 is 1.86 bits per heavy atom. The SMILES string of the molecule is NS(=O)(=O)NC(=O)[N]c1ccccc1. The van der Waals surface area contributed by atoms with Crippen molar-refractivity contribution in [3.8, 4) is 0 Å². The molecule has 0 bridgehead atoms. The molecule has 1 rings (SSSR count). The summed E-state index contributed by atoms with van der Waals surface area (Å²) in [6.07, 6.45) is 0. The molecule has 0 fully saturated rings. The van der Waals surface area contributed by atoms with Crippen LogP contribution < -0.4 is 15.2 Å². The van der Waals surface area contributed by atoms with Gasteiger partial charge in [0, 0.05) is 0 Å². The smallest absolute Gasteiger partial charge is 0.245 e. The Morgan fingerprint density at radius 3 is 2.36 bits per heavy atom. The highest BCUT2D eigenvalue weighted by molar-refractivity contribution is 7.87. The molecule has 0 heterocycles. The Hall–Kier alpha value is -1.60. The molecule has 0 aromatic heterocycles. The van der Waals surface area contributed by atoms with Gasteiger partial charge in [-0.2, -0.15) is 13.7 Å². The third-order valence-electron chi connectivity index (χ3n) is 1.22. The van der Waals surface area contributed by atoms with E-state index in [4.69, 9.17) is 0 Å². The Balaban J connectivity index is 2.59. The van der Waals surface area contributed by atoms with Crippen LogP contribution in [0, 0.1) is 0 Å². The molecular formula is C7H8N3O3S. The number of hydrogen-bond donors (Lipinski definition) is 2. The number of benzene rings is 1. The second kappa shape index (κ2) is 4.07. The number of carbonyl (C=O) groups is 1. The van der Waals surface area contributed by atoms with Gasteiger partial charge in [-0.15, -0.1) is 0 Å². The predicted octanol–water partition coefficient (Wildman–Crippen LogP) is -0.164. The third kappa shape index (κ3) is 3.87. The van der Waals surface area contributed by atoms with E-state index in [0.29, 0.717) is 5.69 Å². The fraction of sp³-hybridized carbons (Fsp3) is 0. The minimum absolute atomic E-state index is 0.355. The summed E-state index contributed by atoms with van der Waals surface area (Å²) in [6, 6.07) is 7.19. The monoisotopic (exact) mass is 214 g/mol. The van der Waals surface area contributed by atoms with E-state index in [2.05, 4.69) is 10.5 Å². The number of para-hydroxylation sites is 1. The molecule has 0 aliphatic heterocycles. The molecule has 0 aliphatic carbocycles. The summed E-state index contributed by atoms with van der Waals surface area (Å²) in [5, 5.41) is 8.01. The number of urea groups is 1. The lowest BCUT2D eigenvalue weighted by atomic mass is 10.3. The highest BCUT2D eigenvalue weighted by Crippen LogP contribution is 2.04. The van der Waals surface area contributed by atoms with Crippen molar-refractivity contribution < 1.29 is 13.2 Å². The summed E-state index contributed by atoms with van der Waals surface area (Å²) in [4.78, 5) is 10.9. The highest BCUT2D eigenvalue weighted by atomic mass is 32.2. The van der Waals surface area contributed by atoms with Gasteiger partial charge in [0.15, 0.2) is 0 Å². The van der Waals surface area contributed by atoms with Crippen molar-refractivity contribution in [1.29, 1.82) is 0 Å². The Labute approximate surface area is 81.3 Å². The molecule has 2 amide bonds. The van der Waals surface area contributed by atoms with Crippen molar-refractivity contribution in [3.63, 3.8) is 0 Å². The predicted molar refractivity (Wildman–Crippen MR) is 49.9 cm³/mol. The van der Waals surface area contributed by atoms with Crippen molar-refractivity contribution in [2.45, 2.75) is 0 Å². The zero-order chi connectivity index (χ0) is 10.6. The average molecular weight is 214 g/mol. The first-order valence-corrected chi connectivity index (χ1v) is 5.13. The summed E-state index contributed by atoms with van der Waals surface area (Å²) >= 11 is 0.